The second kappa shape index (κ2) is 6.19. The molecular weight excluding hydrogens is 278 g/mol. The van der Waals surface area contributed by atoms with Crippen LogP contribution in [-0.4, -0.2) is 15.5 Å². The maximum absolute atomic E-state index is 6.08. The van der Waals surface area contributed by atoms with E-state index in [1.807, 2.05) is 45.9 Å². The second-order valence-electron chi connectivity index (χ2n) is 6.29. The molecule has 0 aliphatic carbocycles. The Kier molecular flexibility index (Phi) is 4.51. The summed E-state index contributed by atoms with van der Waals surface area (Å²) in [7, 11) is 0. The molecule has 4 N–H and O–H groups in total. The third-order valence-corrected chi connectivity index (χ3v) is 3.10. The fourth-order valence-electron chi connectivity index (χ4n) is 1.70. The number of nitrogens with one attached hydrogen (secondary N) is 2. The van der Waals surface area contributed by atoms with Crippen LogP contribution in [0.1, 0.15) is 31.9 Å². The second-order valence-corrected chi connectivity index (χ2v) is 6.29. The maximum atomic E-state index is 6.08. The van der Waals surface area contributed by atoms with Crippen molar-refractivity contribution in [3.05, 3.63) is 35.7 Å². The lowest BCUT2D eigenvalue weighted by Crippen LogP contribution is -2.40. The lowest BCUT2D eigenvalue weighted by atomic mass is 10.1. The molecule has 0 radical (unpaired) electrons. The number of hydrazine groups is 1. The summed E-state index contributed by atoms with van der Waals surface area (Å²) >= 11 is 0. The SMILES string of the molecule is Cc1ccc(Oc2ncnc(NNC(C)(C)C)c2N)cc1C. The number of nitrogens with zero attached hydrogens (tertiary/aromatic N) is 2. The van der Waals surface area contributed by atoms with Gasteiger partial charge in [0.1, 0.15) is 17.8 Å². The average Bonchev–Trinajstić information content (AvgIpc) is 2.43. The Hall–Kier alpha value is -2.34. The van der Waals surface area contributed by atoms with Crippen molar-refractivity contribution in [2.45, 2.75) is 40.2 Å². The first-order chi connectivity index (χ1) is 10.3. The van der Waals surface area contributed by atoms with Gasteiger partial charge in [-0.15, -0.1) is 0 Å². The average molecular weight is 301 g/mol. The van der Waals surface area contributed by atoms with E-state index in [9.17, 15) is 0 Å². The van der Waals surface area contributed by atoms with Gasteiger partial charge in [0.15, 0.2) is 5.82 Å². The molecule has 0 fully saturated rings. The van der Waals surface area contributed by atoms with Crippen LogP contribution in [0, 0.1) is 13.8 Å². The van der Waals surface area contributed by atoms with Gasteiger partial charge in [-0.25, -0.2) is 10.4 Å². The van der Waals surface area contributed by atoms with Crippen LogP contribution < -0.4 is 21.3 Å². The number of ether oxygens (including phenoxy) is 1. The molecule has 0 spiro atoms. The molecule has 0 aliphatic heterocycles. The van der Waals surface area contributed by atoms with Crippen molar-refractivity contribution < 1.29 is 4.74 Å². The Morgan fingerprint density at radius 3 is 2.45 bits per heavy atom. The lowest BCUT2D eigenvalue weighted by Gasteiger charge is -2.22. The molecule has 0 saturated heterocycles. The van der Waals surface area contributed by atoms with E-state index < -0.39 is 0 Å². The summed E-state index contributed by atoms with van der Waals surface area (Å²) < 4.78 is 5.77. The van der Waals surface area contributed by atoms with Crippen LogP contribution in [0.15, 0.2) is 24.5 Å². The highest BCUT2D eigenvalue weighted by molar-refractivity contribution is 5.66. The molecule has 1 aromatic heterocycles. The van der Waals surface area contributed by atoms with Crippen LogP contribution in [0.25, 0.3) is 0 Å². The Balaban J connectivity index is 2.19. The molecule has 2 aromatic rings. The van der Waals surface area contributed by atoms with Gasteiger partial charge in [0.05, 0.1) is 0 Å². The van der Waals surface area contributed by atoms with E-state index in [1.54, 1.807) is 0 Å². The molecule has 0 atom stereocenters. The standard InChI is InChI=1S/C16H23N5O/c1-10-6-7-12(8-11(10)2)22-15-13(17)14(18-9-19-15)20-21-16(3,4)5/h6-9,21H,17H2,1-5H3,(H,18,19,20). The van der Waals surface area contributed by atoms with Gasteiger partial charge in [0.2, 0.25) is 5.88 Å². The zero-order valence-corrected chi connectivity index (χ0v) is 13.7. The first-order valence-corrected chi connectivity index (χ1v) is 7.15. The first-order valence-electron chi connectivity index (χ1n) is 7.15. The molecule has 1 heterocycles. The van der Waals surface area contributed by atoms with E-state index in [-0.39, 0.29) is 5.54 Å². The predicted octanol–water partition coefficient (Wildman–Crippen LogP) is 3.18. The number of rotatable bonds is 4. The van der Waals surface area contributed by atoms with E-state index >= 15 is 0 Å². The molecule has 118 valence electrons. The quantitative estimate of drug-likeness (QED) is 0.752. The summed E-state index contributed by atoms with van der Waals surface area (Å²) in [5, 5.41) is 0. The van der Waals surface area contributed by atoms with E-state index in [0.717, 1.165) is 5.56 Å². The summed E-state index contributed by atoms with van der Waals surface area (Å²) in [6, 6.07) is 5.85. The Morgan fingerprint density at radius 1 is 1.09 bits per heavy atom. The number of hydrogen-bond acceptors (Lipinski definition) is 6. The summed E-state index contributed by atoms with van der Waals surface area (Å²) in [5.74, 6) is 1.52. The monoisotopic (exact) mass is 301 g/mol. The molecule has 2 rings (SSSR count). The largest absolute Gasteiger partial charge is 0.437 e. The van der Waals surface area contributed by atoms with Gasteiger partial charge in [0.25, 0.3) is 0 Å². The highest BCUT2D eigenvalue weighted by Crippen LogP contribution is 2.29. The Labute approximate surface area is 131 Å². The fourth-order valence-corrected chi connectivity index (χ4v) is 1.70. The smallest absolute Gasteiger partial charge is 0.248 e. The molecule has 0 bridgehead atoms. The van der Waals surface area contributed by atoms with E-state index in [4.69, 9.17) is 10.5 Å². The molecule has 6 nitrogen and oxygen atoms in total. The van der Waals surface area contributed by atoms with Gasteiger partial charge < -0.3 is 15.9 Å². The van der Waals surface area contributed by atoms with Gasteiger partial charge >= 0.3 is 0 Å². The van der Waals surface area contributed by atoms with Gasteiger partial charge in [0, 0.05) is 5.54 Å². The zero-order valence-electron chi connectivity index (χ0n) is 13.7. The van der Waals surface area contributed by atoms with Crippen LogP contribution in [0.5, 0.6) is 11.6 Å². The third kappa shape index (κ3) is 4.08. The highest BCUT2D eigenvalue weighted by Gasteiger charge is 2.13. The molecule has 0 aliphatic rings. The third-order valence-electron chi connectivity index (χ3n) is 3.10. The normalized spacial score (nSPS) is 11.3. The molecule has 0 amide bonds. The van der Waals surface area contributed by atoms with Crippen LogP contribution in [0.2, 0.25) is 0 Å². The summed E-state index contributed by atoms with van der Waals surface area (Å²) in [6.07, 6.45) is 1.42. The van der Waals surface area contributed by atoms with E-state index in [2.05, 4.69) is 27.7 Å². The van der Waals surface area contributed by atoms with Crippen molar-refractivity contribution in [2.75, 3.05) is 11.2 Å². The Morgan fingerprint density at radius 2 is 1.82 bits per heavy atom. The fraction of sp³-hybridized carbons (Fsp3) is 0.375. The maximum Gasteiger partial charge on any atom is 0.248 e. The number of aromatic nitrogens is 2. The van der Waals surface area contributed by atoms with Crippen LogP contribution in [0.3, 0.4) is 0 Å². The molecule has 0 saturated carbocycles. The van der Waals surface area contributed by atoms with Crippen molar-refractivity contribution in [3.8, 4) is 11.6 Å². The Bertz CT molecular complexity index is 664. The van der Waals surface area contributed by atoms with Gasteiger partial charge in [-0.2, -0.15) is 4.98 Å². The summed E-state index contributed by atoms with van der Waals surface area (Å²) in [5.41, 5.74) is 14.8. The van der Waals surface area contributed by atoms with Crippen molar-refractivity contribution in [3.63, 3.8) is 0 Å². The molecule has 6 heteroatoms. The molecular formula is C16H23N5O. The van der Waals surface area contributed by atoms with Gasteiger partial charge in [-0.05, 0) is 57.9 Å². The lowest BCUT2D eigenvalue weighted by molar-refractivity contribution is 0.457. The number of anilines is 2. The number of aryl methyl sites for hydroxylation is 2. The summed E-state index contributed by atoms with van der Waals surface area (Å²) in [4.78, 5) is 8.23. The number of nitrogen functional groups attached to an aromatic ring is 1. The predicted molar refractivity (Wildman–Crippen MR) is 88.9 cm³/mol. The minimum Gasteiger partial charge on any atom is -0.437 e. The number of benzene rings is 1. The minimum atomic E-state index is -0.119. The topological polar surface area (TPSA) is 85.1 Å². The summed E-state index contributed by atoms with van der Waals surface area (Å²) in [6.45, 7) is 10.2. The van der Waals surface area contributed by atoms with Crippen molar-refractivity contribution >= 4 is 11.5 Å². The van der Waals surface area contributed by atoms with Gasteiger partial charge in [-0.3, -0.25) is 0 Å². The number of nitrogens with two attached hydrogens (primary N) is 1. The van der Waals surface area contributed by atoms with E-state index in [1.165, 1.54) is 11.9 Å². The van der Waals surface area contributed by atoms with Crippen molar-refractivity contribution in [1.82, 2.24) is 15.4 Å². The molecule has 0 unspecified atom stereocenters. The highest BCUT2D eigenvalue weighted by atomic mass is 16.5. The van der Waals surface area contributed by atoms with Crippen molar-refractivity contribution in [2.24, 2.45) is 0 Å². The van der Waals surface area contributed by atoms with Crippen LogP contribution in [-0.2, 0) is 0 Å². The molecule has 22 heavy (non-hydrogen) atoms. The zero-order chi connectivity index (χ0) is 16.3. The van der Waals surface area contributed by atoms with E-state index in [0.29, 0.717) is 23.1 Å². The van der Waals surface area contributed by atoms with Gasteiger partial charge in [-0.1, -0.05) is 6.07 Å². The minimum absolute atomic E-state index is 0.119. The number of hydrogen-bond donors (Lipinski definition) is 3. The van der Waals surface area contributed by atoms with Crippen LogP contribution >= 0.6 is 0 Å². The first kappa shape index (κ1) is 16.0. The van der Waals surface area contributed by atoms with Crippen LogP contribution in [0.4, 0.5) is 11.5 Å². The van der Waals surface area contributed by atoms with Crippen molar-refractivity contribution in [1.29, 1.82) is 0 Å². The molecule has 1 aromatic carbocycles.